The van der Waals surface area contributed by atoms with Crippen molar-refractivity contribution in [3.63, 3.8) is 0 Å². The number of hydrogen-bond acceptors (Lipinski definition) is 5. The van der Waals surface area contributed by atoms with Gasteiger partial charge in [0.2, 0.25) is 0 Å². The van der Waals surface area contributed by atoms with Crippen LogP contribution >= 0.6 is 0 Å². The molecule has 0 unspecified atom stereocenters. The first kappa shape index (κ1) is 15.0. The number of aromatic nitrogens is 1. The van der Waals surface area contributed by atoms with E-state index in [-0.39, 0.29) is 27.8 Å². The van der Waals surface area contributed by atoms with Gasteiger partial charge in [0.25, 0.3) is 0 Å². The van der Waals surface area contributed by atoms with E-state index in [0.717, 1.165) is 0 Å². The van der Waals surface area contributed by atoms with Crippen molar-refractivity contribution in [2.45, 2.75) is 11.8 Å². The van der Waals surface area contributed by atoms with Crippen LogP contribution in [0, 0.1) is 0 Å². The number of nitrogens with zero attached hydrogens (tertiary/aromatic N) is 1. The number of sulfone groups is 1. The highest BCUT2D eigenvalue weighted by Gasteiger charge is 2.20. The van der Waals surface area contributed by atoms with Crippen molar-refractivity contribution in [2.75, 3.05) is 5.75 Å². The maximum absolute atomic E-state index is 12.0. The summed E-state index contributed by atoms with van der Waals surface area (Å²) in [6.07, 6.45) is 1.32. The average molecular weight is 307 g/mol. The number of benzene rings is 1. The van der Waals surface area contributed by atoms with Crippen LogP contribution in [0.25, 0.3) is 0 Å². The summed E-state index contributed by atoms with van der Waals surface area (Å²) in [7, 11) is -3.47. The third-order valence-electron chi connectivity index (χ3n) is 2.76. The number of pyridine rings is 1. The van der Waals surface area contributed by atoms with Crippen LogP contribution in [0.15, 0.2) is 47.5 Å². The van der Waals surface area contributed by atoms with Crippen LogP contribution in [-0.2, 0) is 9.84 Å². The highest BCUT2D eigenvalue weighted by atomic mass is 32.2. The molecule has 1 aromatic carbocycles. The largest absolute Gasteiger partial charge is 0.476 e. The van der Waals surface area contributed by atoms with Gasteiger partial charge in [-0.05, 0) is 24.3 Å². The lowest BCUT2D eigenvalue weighted by molar-refractivity contribution is 0.0687. The Labute approximate surface area is 121 Å². The molecule has 21 heavy (non-hydrogen) atoms. The van der Waals surface area contributed by atoms with Gasteiger partial charge in [-0.2, -0.15) is 0 Å². The Morgan fingerprint density at radius 1 is 1.19 bits per heavy atom. The zero-order valence-corrected chi connectivity index (χ0v) is 12.0. The molecule has 0 spiro atoms. The Bertz CT molecular complexity index is 770. The molecule has 0 radical (unpaired) electrons. The van der Waals surface area contributed by atoms with Crippen LogP contribution in [0.1, 0.15) is 17.4 Å². The van der Waals surface area contributed by atoms with Crippen molar-refractivity contribution in [2.24, 2.45) is 0 Å². The van der Waals surface area contributed by atoms with Crippen LogP contribution in [-0.4, -0.2) is 30.2 Å². The molecule has 2 aromatic rings. The molecule has 0 aliphatic heterocycles. The second-order valence-electron chi connectivity index (χ2n) is 4.11. The van der Waals surface area contributed by atoms with E-state index in [4.69, 9.17) is 9.84 Å². The molecule has 6 nitrogen and oxygen atoms in total. The summed E-state index contributed by atoms with van der Waals surface area (Å²) in [5, 5.41) is 9.06. The molecule has 0 amide bonds. The van der Waals surface area contributed by atoms with Gasteiger partial charge in [0.15, 0.2) is 21.3 Å². The molecule has 110 valence electrons. The molecular weight excluding hydrogens is 294 g/mol. The second kappa shape index (κ2) is 5.92. The fraction of sp³-hybridized carbons (Fsp3) is 0.143. The Kier molecular flexibility index (Phi) is 4.23. The molecule has 1 N–H and O–H groups in total. The molecule has 2 rings (SSSR count). The van der Waals surface area contributed by atoms with E-state index in [1.165, 1.54) is 37.4 Å². The summed E-state index contributed by atoms with van der Waals surface area (Å²) >= 11 is 0. The average Bonchev–Trinajstić information content (AvgIpc) is 2.48. The summed E-state index contributed by atoms with van der Waals surface area (Å²) in [5.41, 5.74) is -0.277. The van der Waals surface area contributed by atoms with E-state index < -0.39 is 15.8 Å². The Hall–Kier alpha value is -2.41. The molecule has 0 saturated carbocycles. The van der Waals surface area contributed by atoms with E-state index in [0.29, 0.717) is 0 Å². The number of rotatable bonds is 5. The lowest BCUT2D eigenvalue weighted by atomic mass is 10.3. The Morgan fingerprint density at radius 2 is 1.86 bits per heavy atom. The minimum Gasteiger partial charge on any atom is -0.476 e. The number of carboxylic acids is 1. The zero-order valence-electron chi connectivity index (χ0n) is 11.2. The molecule has 0 bridgehead atoms. The van der Waals surface area contributed by atoms with Crippen LogP contribution in [0.2, 0.25) is 0 Å². The maximum Gasteiger partial charge on any atom is 0.358 e. The van der Waals surface area contributed by atoms with Crippen molar-refractivity contribution in [3.8, 4) is 11.5 Å². The molecule has 0 atom stereocenters. The van der Waals surface area contributed by atoms with E-state index in [1.807, 2.05) is 0 Å². The molecule has 0 aliphatic carbocycles. The summed E-state index contributed by atoms with van der Waals surface area (Å²) in [6.45, 7) is 1.53. The first-order valence-electron chi connectivity index (χ1n) is 6.13. The SMILES string of the molecule is CCS(=O)(=O)c1ccccc1Oc1cccnc1C(=O)O. The van der Waals surface area contributed by atoms with Gasteiger partial charge in [-0.3, -0.25) is 0 Å². The number of carbonyl (C=O) groups is 1. The molecular formula is C14H13NO5S. The molecule has 0 fully saturated rings. The first-order valence-corrected chi connectivity index (χ1v) is 7.79. The zero-order chi connectivity index (χ0) is 15.5. The van der Waals surface area contributed by atoms with Gasteiger partial charge in [0.05, 0.1) is 5.75 Å². The minimum absolute atomic E-state index is 0.0104. The fourth-order valence-corrected chi connectivity index (χ4v) is 2.71. The highest BCUT2D eigenvalue weighted by molar-refractivity contribution is 7.91. The molecule has 1 heterocycles. The Morgan fingerprint density at radius 3 is 2.52 bits per heavy atom. The van der Waals surface area contributed by atoms with E-state index in [9.17, 15) is 13.2 Å². The van der Waals surface area contributed by atoms with Gasteiger partial charge in [-0.15, -0.1) is 0 Å². The van der Waals surface area contributed by atoms with Gasteiger partial charge in [0, 0.05) is 6.20 Å². The van der Waals surface area contributed by atoms with Crippen LogP contribution in [0.3, 0.4) is 0 Å². The second-order valence-corrected chi connectivity index (χ2v) is 6.35. The standard InChI is InChI=1S/C14H13NO5S/c1-2-21(18,19)12-8-4-3-6-10(12)20-11-7-5-9-15-13(11)14(16)17/h3-9H,2H2,1H3,(H,16,17). The number of carboxylic acid groups (broad SMARTS) is 1. The van der Waals surface area contributed by atoms with Crippen molar-refractivity contribution in [1.29, 1.82) is 0 Å². The van der Waals surface area contributed by atoms with Gasteiger partial charge < -0.3 is 9.84 Å². The summed E-state index contributed by atoms with van der Waals surface area (Å²) in [5.74, 6) is -1.26. The van der Waals surface area contributed by atoms with Crippen molar-refractivity contribution in [1.82, 2.24) is 4.98 Å². The van der Waals surface area contributed by atoms with E-state index in [2.05, 4.69) is 4.98 Å². The lowest BCUT2D eigenvalue weighted by Crippen LogP contribution is -2.07. The van der Waals surface area contributed by atoms with Crippen molar-refractivity contribution >= 4 is 15.8 Å². The van der Waals surface area contributed by atoms with Gasteiger partial charge in [-0.1, -0.05) is 19.1 Å². The third-order valence-corrected chi connectivity index (χ3v) is 4.52. The molecule has 1 aromatic heterocycles. The summed E-state index contributed by atoms with van der Waals surface area (Å²) in [6, 6.07) is 9.02. The normalized spacial score (nSPS) is 11.1. The van der Waals surface area contributed by atoms with Crippen LogP contribution < -0.4 is 4.74 Å². The Balaban J connectivity index is 2.49. The van der Waals surface area contributed by atoms with Gasteiger partial charge in [0.1, 0.15) is 10.6 Å². The van der Waals surface area contributed by atoms with Crippen molar-refractivity contribution < 1.29 is 23.1 Å². The number of para-hydroxylation sites is 1. The van der Waals surface area contributed by atoms with E-state index >= 15 is 0 Å². The highest BCUT2D eigenvalue weighted by Crippen LogP contribution is 2.30. The predicted octanol–water partition coefficient (Wildman–Crippen LogP) is 2.37. The third kappa shape index (κ3) is 3.19. The number of aromatic carboxylic acids is 1. The van der Waals surface area contributed by atoms with Gasteiger partial charge in [-0.25, -0.2) is 18.2 Å². The maximum atomic E-state index is 12.0. The predicted molar refractivity (Wildman–Crippen MR) is 75.4 cm³/mol. The monoisotopic (exact) mass is 307 g/mol. The first-order chi connectivity index (χ1) is 9.95. The molecule has 0 aliphatic rings. The lowest BCUT2D eigenvalue weighted by Gasteiger charge is -2.11. The smallest absolute Gasteiger partial charge is 0.358 e. The van der Waals surface area contributed by atoms with E-state index in [1.54, 1.807) is 12.1 Å². The molecule has 7 heteroatoms. The quantitative estimate of drug-likeness (QED) is 0.911. The molecule has 0 saturated heterocycles. The van der Waals surface area contributed by atoms with Crippen LogP contribution in [0.5, 0.6) is 11.5 Å². The van der Waals surface area contributed by atoms with Crippen LogP contribution in [0.4, 0.5) is 0 Å². The summed E-state index contributed by atoms with van der Waals surface area (Å²) in [4.78, 5) is 14.8. The number of hydrogen-bond donors (Lipinski definition) is 1. The van der Waals surface area contributed by atoms with Crippen molar-refractivity contribution in [3.05, 3.63) is 48.3 Å². The summed E-state index contributed by atoms with van der Waals surface area (Å²) < 4.78 is 29.5. The minimum atomic E-state index is -3.47. The fourth-order valence-electron chi connectivity index (χ4n) is 1.70. The number of ether oxygens (including phenoxy) is 1. The van der Waals surface area contributed by atoms with Gasteiger partial charge >= 0.3 is 5.97 Å². The topological polar surface area (TPSA) is 93.6 Å².